The molecule has 6 heterocycles. The molecule has 3 aliphatic heterocycles. The summed E-state index contributed by atoms with van der Waals surface area (Å²) in [5, 5.41) is 34.9. The number of benzene rings is 2. The number of ether oxygens (including phenoxy) is 1. The number of aliphatic hydroxyl groups excluding tert-OH is 2. The zero-order valence-electron chi connectivity index (χ0n) is 42.8. The van der Waals surface area contributed by atoms with Crippen molar-refractivity contribution in [2.75, 3.05) is 36.8 Å². The van der Waals surface area contributed by atoms with E-state index in [1.165, 1.54) is 11.9 Å². The van der Waals surface area contributed by atoms with Gasteiger partial charge in [0.1, 0.15) is 36.5 Å². The van der Waals surface area contributed by atoms with Crippen molar-refractivity contribution in [2.24, 2.45) is 5.92 Å². The Morgan fingerprint density at radius 3 is 2.48 bits per heavy atom. The Labute approximate surface area is 426 Å². The second kappa shape index (κ2) is 22.1. The number of rotatable bonds is 22. The summed E-state index contributed by atoms with van der Waals surface area (Å²) in [5.41, 5.74) is 6.38. The fraction of sp³-hybridized carbons (Fsp3) is 0.556. The Bertz CT molecular complexity index is 2830. The maximum Gasteiger partial charge on any atom is 0.262 e. The standard InChI is InChI=1S/C54H72N12O7/c1-31(2)64(36-24-33(25-36)14-20-43-62-39-18-15-34(54(4,5)6)26-40(39)63-43)28-42-46(68)47(69)53(73-42)65-30-60-45-48(58-29-59-49(45)65)57-23-11-10-22-56-44(67)12-8-7-9-21-55-35-16-17-37-38(27-35)52(72)66(51(37)71)41-19-13-32(3)61-50(41)70/h15-18,26-27,29-31,33,36,41-42,46-47,53,55,68-69H,3,7-14,19-25,28H2,1-2,4-6H3,(H,56,67)(H,61,70)(H,62,63)(H,57,58,59)/t33?,36?,41?,42-,46?,47+,53-/m1/s1. The Morgan fingerprint density at radius 1 is 0.932 bits per heavy atom. The van der Waals surface area contributed by atoms with Gasteiger partial charge in [0.2, 0.25) is 11.8 Å². The van der Waals surface area contributed by atoms with E-state index in [2.05, 4.69) is 105 Å². The Hall–Kier alpha value is -6.28. The third-order valence-corrected chi connectivity index (χ3v) is 15.1. The number of hydrogen-bond donors (Lipinski definition) is 7. The molecule has 0 spiro atoms. The van der Waals surface area contributed by atoms with E-state index in [1.54, 1.807) is 29.1 Å². The van der Waals surface area contributed by atoms with Crippen LogP contribution in [0.4, 0.5) is 11.5 Å². The molecule has 5 atom stereocenters. The SMILES string of the molecule is C=C1CCC(N2C(=O)c3ccc(NCCCCCC(=O)NCCCCNc4ncnc5c4ncn5[C@@H]4O[C@H](CN(C(C)C)C5CC(CCc6nc7ccc(C(C)(C)C)cc7[nH]6)C5)C(O)[C@@H]4O)cc3C2=O)C(=O)N1. The molecule has 73 heavy (non-hydrogen) atoms. The van der Waals surface area contributed by atoms with Crippen LogP contribution in [0.2, 0.25) is 0 Å². The zero-order valence-corrected chi connectivity index (χ0v) is 42.8. The molecule has 7 N–H and O–H groups in total. The van der Waals surface area contributed by atoms with E-state index in [0.717, 1.165) is 79.5 Å². The number of fused-ring (bicyclic) bond motifs is 3. The van der Waals surface area contributed by atoms with Crippen LogP contribution < -0.4 is 21.3 Å². The van der Waals surface area contributed by atoms with Crippen molar-refractivity contribution in [3.8, 4) is 0 Å². The fourth-order valence-corrected chi connectivity index (χ4v) is 10.7. The number of aliphatic hydroxyl groups is 2. The number of anilines is 2. The average molecular weight is 1000 g/mol. The maximum atomic E-state index is 13.2. The number of hydrogen-bond acceptors (Lipinski definition) is 14. The van der Waals surface area contributed by atoms with E-state index in [0.29, 0.717) is 91.3 Å². The van der Waals surface area contributed by atoms with Crippen LogP contribution in [0.5, 0.6) is 0 Å². The molecule has 5 aromatic rings. The Kier molecular flexibility index (Phi) is 15.6. The second-order valence-corrected chi connectivity index (χ2v) is 21.7. The highest BCUT2D eigenvalue weighted by Crippen LogP contribution is 2.39. The molecule has 2 unspecified atom stereocenters. The quantitative estimate of drug-likeness (QED) is 0.0306. The van der Waals surface area contributed by atoms with E-state index in [1.807, 2.05) is 0 Å². The van der Waals surface area contributed by atoms with Gasteiger partial charge in [0.05, 0.1) is 28.5 Å². The number of unbranched alkanes of at least 4 members (excludes halogenated alkanes) is 3. The maximum absolute atomic E-state index is 13.2. The van der Waals surface area contributed by atoms with Gasteiger partial charge in [-0.1, -0.05) is 39.8 Å². The van der Waals surface area contributed by atoms with Crippen LogP contribution in [0.3, 0.4) is 0 Å². The highest BCUT2D eigenvalue weighted by atomic mass is 16.6. The van der Waals surface area contributed by atoms with Crippen LogP contribution >= 0.6 is 0 Å². The van der Waals surface area contributed by atoms with E-state index in [4.69, 9.17) is 9.72 Å². The molecule has 4 amide bonds. The monoisotopic (exact) mass is 1000 g/mol. The third-order valence-electron chi connectivity index (χ3n) is 15.1. The lowest BCUT2D eigenvalue weighted by Gasteiger charge is -2.46. The number of imide groups is 1. The number of H-pyrrole nitrogens is 1. The largest absolute Gasteiger partial charge is 0.387 e. The summed E-state index contributed by atoms with van der Waals surface area (Å²) >= 11 is 0. The zero-order chi connectivity index (χ0) is 51.6. The van der Waals surface area contributed by atoms with Gasteiger partial charge in [0.15, 0.2) is 23.2 Å². The highest BCUT2D eigenvalue weighted by Gasteiger charge is 2.47. The summed E-state index contributed by atoms with van der Waals surface area (Å²) in [5.74, 6) is 0.865. The van der Waals surface area contributed by atoms with Gasteiger partial charge in [-0.2, -0.15) is 0 Å². The van der Waals surface area contributed by atoms with Crippen molar-refractivity contribution in [2.45, 2.75) is 160 Å². The van der Waals surface area contributed by atoms with Crippen LogP contribution in [0.15, 0.2) is 61.3 Å². The van der Waals surface area contributed by atoms with Gasteiger partial charge >= 0.3 is 0 Å². The molecule has 4 aliphatic rings. The van der Waals surface area contributed by atoms with Gasteiger partial charge in [-0.05, 0) is 119 Å². The Morgan fingerprint density at radius 2 is 1.70 bits per heavy atom. The summed E-state index contributed by atoms with van der Waals surface area (Å²) in [4.78, 5) is 76.7. The molecule has 2 saturated heterocycles. The molecule has 390 valence electrons. The fourth-order valence-electron chi connectivity index (χ4n) is 10.7. The number of aromatic amines is 1. The first-order chi connectivity index (χ1) is 35.0. The van der Waals surface area contributed by atoms with Crippen molar-refractivity contribution in [1.29, 1.82) is 0 Å². The van der Waals surface area contributed by atoms with E-state index in [-0.39, 0.29) is 22.9 Å². The minimum atomic E-state index is -1.17. The van der Waals surface area contributed by atoms with Crippen molar-refractivity contribution >= 4 is 57.3 Å². The van der Waals surface area contributed by atoms with Crippen LogP contribution in [0.25, 0.3) is 22.2 Å². The number of imidazole rings is 2. The highest BCUT2D eigenvalue weighted by molar-refractivity contribution is 6.23. The summed E-state index contributed by atoms with van der Waals surface area (Å²) < 4.78 is 8.11. The minimum absolute atomic E-state index is 0.00408. The van der Waals surface area contributed by atoms with E-state index in [9.17, 15) is 29.4 Å². The van der Waals surface area contributed by atoms with Crippen LogP contribution in [-0.2, 0) is 26.2 Å². The first-order valence-corrected chi connectivity index (χ1v) is 26.2. The third kappa shape index (κ3) is 11.4. The smallest absolute Gasteiger partial charge is 0.262 e. The number of piperidine rings is 1. The molecule has 3 fully saturated rings. The van der Waals surface area contributed by atoms with Gasteiger partial charge in [0, 0.05) is 62.5 Å². The lowest BCUT2D eigenvalue weighted by molar-refractivity contribution is -0.125. The lowest BCUT2D eigenvalue weighted by Crippen LogP contribution is -2.52. The molecule has 19 nitrogen and oxygen atoms in total. The van der Waals surface area contributed by atoms with Crippen LogP contribution in [0, 0.1) is 5.92 Å². The van der Waals surface area contributed by atoms with E-state index < -0.39 is 48.3 Å². The van der Waals surface area contributed by atoms with Gasteiger partial charge in [-0.3, -0.25) is 33.5 Å². The molecular weight excluding hydrogens is 929 g/mol. The van der Waals surface area contributed by atoms with Crippen molar-refractivity contribution in [3.63, 3.8) is 0 Å². The van der Waals surface area contributed by atoms with Crippen molar-refractivity contribution < 1.29 is 34.1 Å². The number of amides is 4. The topological polar surface area (TPSA) is 245 Å². The molecule has 0 bridgehead atoms. The summed E-state index contributed by atoms with van der Waals surface area (Å²) in [6.07, 6.45) is 8.61. The first kappa shape index (κ1) is 51.6. The summed E-state index contributed by atoms with van der Waals surface area (Å²) in [6, 6.07) is 11.3. The predicted octanol–water partition coefficient (Wildman–Crippen LogP) is 6.11. The lowest BCUT2D eigenvalue weighted by atomic mass is 9.76. The molecule has 19 heteroatoms. The summed E-state index contributed by atoms with van der Waals surface area (Å²) in [7, 11) is 0. The van der Waals surface area contributed by atoms with Crippen LogP contribution in [0.1, 0.15) is 144 Å². The van der Waals surface area contributed by atoms with Gasteiger partial charge < -0.3 is 41.2 Å². The summed E-state index contributed by atoms with van der Waals surface area (Å²) in [6.45, 7) is 17.1. The minimum Gasteiger partial charge on any atom is -0.387 e. The first-order valence-electron chi connectivity index (χ1n) is 26.2. The predicted molar refractivity (Wildman–Crippen MR) is 278 cm³/mol. The number of carbonyl (C=O) groups is 4. The normalized spacial score (nSPS) is 23.2. The molecule has 1 saturated carbocycles. The number of aryl methyl sites for hydroxylation is 1. The number of allylic oxidation sites excluding steroid dienone is 1. The number of aromatic nitrogens is 6. The molecule has 3 aromatic heterocycles. The van der Waals surface area contributed by atoms with Crippen LogP contribution in [-0.4, -0.2) is 136 Å². The molecule has 1 aliphatic carbocycles. The molecule has 0 radical (unpaired) electrons. The molecular formula is C54H72N12O7. The second-order valence-electron chi connectivity index (χ2n) is 21.7. The van der Waals surface area contributed by atoms with Gasteiger partial charge in [-0.25, -0.2) is 19.9 Å². The Balaban J connectivity index is 0.657. The molecule has 2 aromatic carbocycles. The number of nitrogens with zero attached hydrogens (tertiary/aromatic N) is 7. The molecule has 9 rings (SSSR count). The van der Waals surface area contributed by atoms with Crippen molar-refractivity contribution in [1.82, 2.24) is 49.9 Å². The number of nitrogens with one attached hydrogen (secondary N) is 5. The van der Waals surface area contributed by atoms with Gasteiger partial charge in [0.25, 0.3) is 11.8 Å². The van der Waals surface area contributed by atoms with E-state index >= 15 is 0 Å². The van der Waals surface area contributed by atoms with Crippen molar-refractivity contribution in [3.05, 3.63) is 83.8 Å². The number of carbonyl (C=O) groups excluding carboxylic acids is 4. The average Bonchev–Trinajstić information content (AvgIpc) is 4.09. The van der Waals surface area contributed by atoms with Gasteiger partial charge in [-0.15, -0.1) is 0 Å².